The number of nitrogens with zero attached hydrogens (tertiary/aromatic N) is 3. The number of nitrogen functional groups attached to an aromatic ring is 1. The highest BCUT2D eigenvalue weighted by Crippen LogP contribution is 2.23. The van der Waals surface area contributed by atoms with Crippen molar-refractivity contribution < 1.29 is 0 Å². The van der Waals surface area contributed by atoms with E-state index in [0.717, 1.165) is 11.0 Å². The lowest BCUT2D eigenvalue weighted by molar-refractivity contribution is 0.246. The van der Waals surface area contributed by atoms with E-state index in [1.54, 1.807) is 0 Å². The summed E-state index contributed by atoms with van der Waals surface area (Å²) in [5.74, 6) is 0.567. The third-order valence-electron chi connectivity index (χ3n) is 2.74. The molecule has 0 spiro atoms. The molecule has 1 atom stereocenters. The molecule has 1 unspecified atom stereocenters. The number of benzene rings is 1. The molecule has 0 saturated heterocycles. The highest BCUT2D eigenvalue weighted by Gasteiger charge is 2.14. The summed E-state index contributed by atoms with van der Waals surface area (Å²) in [4.78, 5) is 6.43. The maximum absolute atomic E-state index is 5.92. The Labute approximate surface area is 101 Å². The molecule has 0 bridgehead atoms. The molecule has 0 fully saturated rings. The maximum atomic E-state index is 5.92. The molecule has 1 heterocycles. The van der Waals surface area contributed by atoms with Crippen LogP contribution in [0.25, 0.3) is 11.0 Å². The van der Waals surface area contributed by atoms with Gasteiger partial charge in [0, 0.05) is 0 Å². The molecule has 2 N–H and O–H groups in total. The zero-order valence-electron chi connectivity index (χ0n) is 9.71. The Balaban J connectivity index is 0.00000128. The Bertz CT molecular complexity index is 478. The molecule has 1 aromatic heterocycles. The summed E-state index contributed by atoms with van der Waals surface area (Å²) >= 11 is 0. The van der Waals surface area contributed by atoms with Crippen LogP contribution in [0, 0.1) is 0 Å². The normalized spacial score (nSPS) is 12.8. The number of fused-ring (bicyclic) bond motifs is 1. The zero-order valence-corrected chi connectivity index (χ0v) is 10.5. The lowest BCUT2D eigenvalue weighted by atomic mass is 10.3. The predicted molar refractivity (Wildman–Crippen MR) is 69.8 cm³/mol. The van der Waals surface area contributed by atoms with E-state index in [2.05, 4.69) is 16.8 Å². The molecule has 0 aliphatic rings. The van der Waals surface area contributed by atoms with Crippen molar-refractivity contribution in [2.45, 2.75) is 13.1 Å². The van der Waals surface area contributed by atoms with Crippen LogP contribution >= 0.6 is 12.4 Å². The lowest BCUT2D eigenvalue weighted by Gasteiger charge is -2.22. The summed E-state index contributed by atoms with van der Waals surface area (Å²) in [7, 11) is 4.05. The first kappa shape index (κ1) is 12.8. The Kier molecular flexibility index (Phi) is 3.78. The van der Waals surface area contributed by atoms with Gasteiger partial charge in [-0.25, -0.2) is 4.98 Å². The van der Waals surface area contributed by atoms with E-state index in [1.807, 2.05) is 42.9 Å². The molecule has 2 aromatic rings. The Morgan fingerprint density at radius 1 is 1.31 bits per heavy atom. The summed E-state index contributed by atoms with van der Waals surface area (Å²) < 4.78 is 2.04. The number of nitrogens with two attached hydrogens (primary N) is 1. The van der Waals surface area contributed by atoms with Gasteiger partial charge in [0.2, 0.25) is 5.95 Å². The maximum Gasteiger partial charge on any atom is 0.202 e. The molecule has 0 aliphatic carbocycles. The highest BCUT2D eigenvalue weighted by molar-refractivity contribution is 5.85. The number of imidazole rings is 1. The van der Waals surface area contributed by atoms with Crippen molar-refractivity contribution >= 4 is 29.4 Å². The van der Waals surface area contributed by atoms with Gasteiger partial charge in [0.05, 0.1) is 17.2 Å². The van der Waals surface area contributed by atoms with Crippen molar-refractivity contribution in [3.8, 4) is 0 Å². The van der Waals surface area contributed by atoms with E-state index in [9.17, 15) is 0 Å². The predicted octanol–water partition coefficient (Wildman–Crippen LogP) is 2.12. The quantitative estimate of drug-likeness (QED) is 0.875. The van der Waals surface area contributed by atoms with Crippen LogP contribution in [0.1, 0.15) is 13.1 Å². The van der Waals surface area contributed by atoms with Gasteiger partial charge in [-0.05, 0) is 33.2 Å². The van der Waals surface area contributed by atoms with Crippen LogP contribution in [-0.2, 0) is 0 Å². The summed E-state index contributed by atoms with van der Waals surface area (Å²) in [6, 6.07) is 7.99. The number of hydrogen-bond donors (Lipinski definition) is 1. The van der Waals surface area contributed by atoms with Gasteiger partial charge in [-0.3, -0.25) is 9.47 Å². The molecule has 4 nitrogen and oxygen atoms in total. The molecule has 0 radical (unpaired) electrons. The Morgan fingerprint density at radius 3 is 2.56 bits per heavy atom. The molecule has 0 saturated carbocycles. The first-order valence-electron chi connectivity index (χ1n) is 5.00. The van der Waals surface area contributed by atoms with Crippen molar-refractivity contribution in [2.24, 2.45) is 0 Å². The number of anilines is 1. The van der Waals surface area contributed by atoms with Crippen LogP contribution in [0.2, 0.25) is 0 Å². The van der Waals surface area contributed by atoms with Crippen molar-refractivity contribution in [3.05, 3.63) is 24.3 Å². The molecule has 88 valence electrons. The average molecular weight is 241 g/mol. The molecule has 0 aliphatic heterocycles. The van der Waals surface area contributed by atoms with Crippen LogP contribution in [-0.4, -0.2) is 28.5 Å². The van der Waals surface area contributed by atoms with Crippen molar-refractivity contribution in [1.82, 2.24) is 14.5 Å². The highest BCUT2D eigenvalue weighted by atomic mass is 35.5. The Morgan fingerprint density at radius 2 is 1.94 bits per heavy atom. The molecule has 5 heteroatoms. The van der Waals surface area contributed by atoms with Gasteiger partial charge >= 0.3 is 0 Å². The van der Waals surface area contributed by atoms with Gasteiger partial charge in [-0.1, -0.05) is 12.1 Å². The summed E-state index contributed by atoms with van der Waals surface area (Å²) in [5, 5.41) is 0. The van der Waals surface area contributed by atoms with Gasteiger partial charge in [0.25, 0.3) is 0 Å². The molecular weight excluding hydrogens is 224 g/mol. The van der Waals surface area contributed by atoms with Gasteiger partial charge in [0.1, 0.15) is 0 Å². The second kappa shape index (κ2) is 4.72. The van der Waals surface area contributed by atoms with Crippen molar-refractivity contribution in [2.75, 3.05) is 19.8 Å². The van der Waals surface area contributed by atoms with Gasteiger partial charge in [-0.2, -0.15) is 0 Å². The van der Waals surface area contributed by atoms with Gasteiger partial charge < -0.3 is 5.73 Å². The molecule has 16 heavy (non-hydrogen) atoms. The van der Waals surface area contributed by atoms with Crippen molar-refractivity contribution in [1.29, 1.82) is 0 Å². The fourth-order valence-corrected chi connectivity index (χ4v) is 1.69. The summed E-state index contributed by atoms with van der Waals surface area (Å²) in [6.07, 6.45) is 0.206. The minimum atomic E-state index is 0. The average Bonchev–Trinajstić information content (AvgIpc) is 2.52. The van der Waals surface area contributed by atoms with Crippen molar-refractivity contribution in [3.63, 3.8) is 0 Å². The smallest absolute Gasteiger partial charge is 0.202 e. The third-order valence-corrected chi connectivity index (χ3v) is 2.74. The molecule has 2 rings (SSSR count). The monoisotopic (exact) mass is 240 g/mol. The lowest BCUT2D eigenvalue weighted by Crippen LogP contribution is -2.23. The number of hydrogen-bond acceptors (Lipinski definition) is 3. The first-order chi connectivity index (χ1) is 7.11. The number of para-hydroxylation sites is 2. The standard InChI is InChI=1S/C11H16N4.ClH/c1-8(14(2)3)15-10-7-5-4-6-9(10)13-11(15)12;/h4-8H,1-3H3,(H2,12,13);1H. The molecule has 0 amide bonds. The number of aromatic nitrogens is 2. The first-order valence-corrected chi connectivity index (χ1v) is 5.00. The van der Waals surface area contributed by atoms with Crippen LogP contribution < -0.4 is 5.73 Å². The van der Waals surface area contributed by atoms with Gasteiger partial charge in [-0.15, -0.1) is 12.4 Å². The minimum absolute atomic E-state index is 0. The van der Waals surface area contributed by atoms with E-state index >= 15 is 0 Å². The second-order valence-electron chi connectivity index (χ2n) is 3.92. The molecular formula is C11H17ClN4. The van der Waals surface area contributed by atoms with Gasteiger partial charge in [0.15, 0.2) is 0 Å². The third kappa shape index (κ3) is 1.99. The number of rotatable bonds is 2. The largest absolute Gasteiger partial charge is 0.369 e. The second-order valence-corrected chi connectivity index (χ2v) is 3.92. The van der Waals surface area contributed by atoms with Crippen LogP contribution in [0.3, 0.4) is 0 Å². The number of halogens is 1. The Hall–Kier alpha value is -1.26. The van der Waals surface area contributed by atoms with E-state index in [4.69, 9.17) is 5.73 Å². The summed E-state index contributed by atoms with van der Waals surface area (Å²) in [5.41, 5.74) is 7.94. The van der Waals surface area contributed by atoms with Crippen LogP contribution in [0.15, 0.2) is 24.3 Å². The fraction of sp³-hybridized carbons (Fsp3) is 0.364. The van der Waals surface area contributed by atoms with E-state index in [-0.39, 0.29) is 18.6 Å². The minimum Gasteiger partial charge on any atom is -0.369 e. The van der Waals surface area contributed by atoms with E-state index in [0.29, 0.717) is 5.95 Å². The SMILES string of the molecule is CC(N(C)C)n1c(N)nc2ccccc21.Cl. The summed E-state index contributed by atoms with van der Waals surface area (Å²) in [6.45, 7) is 2.10. The topological polar surface area (TPSA) is 47.1 Å². The molecule has 1 aromatic carbocycles. The zero-order chi connectivity index (χ0) is 11.0. The van der Waals surface area contributed by atoms with E-state index < -0.39 is 0 Å². The van der Waals surface area contributed by atoms with Crippen LogP contribution in [0.5, 0.6) is 0 Å². The van der Waals surface area contributed by atoms with E-state index in [1.165, 1.54) is 0 Å². The van der Waals surface area contributed by atoms with Crippen LogP contribution in [0.4, 0.5) is 5.95 Å². The fourth-order valence-electron chi connectivity index (χ4n) is 1.69.